The van der Waals surface area contributed by atoms with Crippen molar-refractivity contribution in [2.24, 2.45) is 11.7 Å². The lowest BCUT2D eigenvalue weighted by molar-refractivity contribution is -0.120. The molecule has 1 aromatic rings. The Kier molecular flexibility index (Phi) is 5.44. The van der Waals surface area contributed by atoms with Crippen molar-refractivity contribution in [2.45, 2.75) is 50.0 Å². The molecule has 0 saturated heterocycles. The van der Waals surface area contributed by atoms with Gasteiger partial charge in [0, 0.05) is 12.2 Å². The number of benzene rings is 1. The van der Waals surface area contributed by atoms with Crippen LogP contribution in [0.3, 0.4) is 0 Å². The normalized spacial score (nSPS) is 17.5. The Morgan fingerprint density at radius 1 is 1.30 bits per heavy atom. The molecule has 1 amide bonds. The van der Waals surface area contributed by atoms with E-state index in [9.17, 15) is 13.2 Å². The predicted molar refractivity (Wildman–Crippen MR) is 90.5 cm³/mol. The minimum absolute atomic E-state index is 0.195. The molecule has 0 spiro atoms. The van der Waals surface area contributed by atoms with Gasteiger partial charge in [-0.05, 0) is 56.4 Å². The second-order valence-corrected chi connectivity index (χ2v) is 8.21. The van der Waals surface area contributed by atoms with E-state index in [1.807, 2.05) is 6.92 Å². The van der Waals surface area contributed by atoms with Crippen LogP contribution in [0.4, 0.5) is 5.69 Å². The molecular formula is C16H25N3O3S. The van der Waals surface area contributed by atoms with Crippen LogP contribution < -0.4 is 15.8 Å². The fourth-order valence-electron chi connectivity index (χ4n) is 2.26. The summed E-state index contributed by atoms with van der Waals surface area (Å²) >= 11 is 0. The molecule has 6 nitrogen and oxygen atoms in total. The van der Waals surface area contributed by atoms with Gasteiger partial charge in [-0.1, -0.05) is 13.3 Å². The summed E-state index contributed by atoms with van der Waals surface area (Å²) in [6, 6.07) is 6.12. The second kappa shape index (κ2) is 6.98. The Hall–Kier alpha value is -1.44. The number of hydrogen-bond acceptors (Lipinski definition) is 4. The summed E-state index contributed by atoms with van der Waals surface area (Å²) in [5.41, 5.74) is 5.57. The molecule has 1 saturated carbocycles. The number of carbonyl (C=O) groups is 1. The molecular weight excluding hydrogens is 314 g/mol. The Balaban J connectivity index is 1.99. The number of anilines is 1. The van der Waals surface area contributed by atoms with Crippen LogP contribution in [0.1, 0.15) is 39.5 Å². The molecule has 1 aliphatic carbocycles. The number of carbonyl (C=O) groups excluding carboxylic acids is 1. The number of amides is 1. The lowest BCUT2D eigenvalue weighted by Crippen LogP contribution is -2.48. The standard InChI is InChI=1S/C16H25N3O3S/c1-3-10-16(2,17)15(20)19-13-6-8-14(9-7-13)23(21,22)18-11-12-4-5-12/h6-9,12,18H,3-5,10-11,17H2,1-2H3,(H,19,20). The second-order valence-electron chi connectivity index (χ2n) is 6.44. The summed E-state index contributed by atoms with van der Waals surface area (Å²) in [4.78, 5) is 12.3. The van der Waals surface area contributed by atoms with E-state index in [1.54, 1.807) is 19.1 Å². The minimum Gasteiger partial charge on any atom is -0.325 e. The topological polar surface area (TPSA) is 101 Å². The smallest absolute Gasteiger partial charge is 0.244 e. The van der Waals surface area contributed by atoms with E-state index in [0.717, 1.165) is 19.3 Å². The maximum atomic E-state index is 12.1. The third-order valence-corrected chi connectivity index (χ3v) is 5.41. The first kappa shape index (κ1) is 17.9. The lowest BCUT2D eigenvalue weighted by atomic mass is 9.96. The molecule has 0 radical (unpaired) electrons. The Labute approximate surface area is 137 Å². The third-order valence-electron chi connectivity index (χ3n) is 3.97. The quantitative estimate of drug-likeness (QED) is 0.672. The Morgan fingerprint density at radius 2 is 1.91 bits per heavy atom. The minimum atomic E-state index is -3.48. The Bertz CT molecular complexity index is 650. The van der Waals surface area contributed by atoms with Crippen LogP contribution in [-0.4, -0.2) is 26.4 Å². The average Bonchev–Trinajstić information content (AvgIpc) is 3.30. The molecule has 128 valence electrons. The van der Waals surface area contributed by atoms with Gasteiger partial charge in [0.05, 0.1) is 10.4 Å². The molecule has 4 N–H and O–H groups in total. The van der Waals surface area contributed by atoms with Crippen LogP contribution in [0.5, 0.6) is 0 Å². The fraction of sp³-hybridized carbons (Fsp3) is 0.562. The zero-order valence-corrected chi connectivity index (χ0v) is 14.4. The van der Waals surface area contributed by atoms with Gasteiger partial charge in [-0.15, -0.1) is 0 Å². The number of hydrogen-bond donors (Lipinski definition) is 3. The highest BCUT2D eigenvalue weighted by molar-refractivity contribution is 7.89. The molecule has 7 heteroatoms. The molecule has 0 aliphatic heterocycles. The highest BCUT2D eigenvalue weighted by Crippen LogP contribution is 2.28. The zero-order chi connectivity index (χ0) is 17.1. The van der Waals surface area contributed by atoms with Crippen LogP contribution >= 0.6 is 0 Å². The number of nitrogens with one attached hydrogen (secondary N) is 2. The molecule has 1 fully saturated rings. The van der Waals surface area contributed by atoms with Crippen molar-refractivity contribution in [3.05, 3.63) is 24.3 Å². The molecule has 23 heavy (non-hydrogen) atoms. The van der Waals surface area contributed by atoms with Gasteiger partial charge in [0.15, 0.2) is 0 Å². The molecule has 2 rings (SSSR count). The van der Waals surface area contributed by atoms with Gasteiger partial charge in [-0.3, -0.25) is 4.79 Å². The van der Waals surface area contributed by atoms with Gasteiger partial charge in [-0.2, -0.15) is 0 Å². The van der Waals surface area contributed by atoms with Crippen LogP contribution in [0, 0.1) is 5.92 Å². The van der Waals surface area contributed by atoms with Gasteiger partial charge in [-0.25, -0.2) is 13.1 Å². The SMILES string of the molecule is CCCC(C)(N)C(=O)Nc1ccc(S(=O)(=O)NCC2CC2)cc1. The van der Waals surface area contributed by atoms with E-state index in [0.29, 0.717) is 24.6 Å². The Morgan fingerprint density at radius 3 is 2.43 bits per heavy atom. The highest BCUT2D eigenvalue weighted by Gasteiger charge is 2.27. The van der Waals surface area contributed by atoms with Crippen molar-refractivity contribution in [3.8, 4) is 0 Å². The monoisotopic (exact) mass is 339 g/mol. The van der Waals surface area contributed by atoms with Crippen LogP contribution in [0.2, 0.25) is 0 Å². The first-order valence-corrected chi connectivity index (χ1v) is 9.43. The first-order chi connectivity index (χ1) is 10.7. The summed E-state index contributed by atoms with van der Waals surface area (Å²) in [6.07, 6.45) is 3.56. The summed E-state index contributed by atoms with van der Waals surface area (Å²) in [5.74, 6) is 0.200. The van der Waals surface area contributed by atoms with Gasteiger partial charge in [0.1, 0.15) is 0 Å². The lowest BCUT2D eigenvalue weighted by Gasteiger charge is -2.22. The average molecular weight is 339 g/mol. The summed E-state index contributed by atoms with van der Waals surface area (Å²) in [7, 11) is -3.48. The van der Waals surface area contributed by atoms with E-state index in [-0.39, 0.29) is 10.8 Å². The number of sulfonamides is 1. The van der Waals surface area contributed by atoms with Crippen LogP contribution in [0.25, 0.3) is 0 Å². The molecule has 1 aromatic carbocycles. The predicted octanol–water partition coefficient (Wildman–Crippen LogP) is 1.83. The highest BCUT2D eigenvalue weighted by atomic mass is 32.2. The van der Waals surface area contributed by atoms with Crippen molar-refractivity contribution in [1.82, 2.24) is 4.72 Å². The molecule has 1 atom stereocenters. The van der Waals surface area contributed by atoms with Crippen molar-refractivity contribution in [1.29, 1.82) is 0 Å². The van der Waals surface area contributed by atoms with E-state index in [1.165, 1.54) is 12.1 Å². The van der Waals surface area contributed by atoms with Crippen molar-refractivity contribution < 1.29 is 13.2 Å². The molecule has 0 heterocycles. The van der Waals surface area contributed by atoms with E-state index in [2.05, 4.69) is 10.0 Å². The number of nitrogens with two attached hydrogens (primary N) is 1. The first-order valence-electron chi connectivity index (χ1n) is 7.94. The van der Waals surface area contributed by atoms with E-state index < -0.39 is 15.6 Å². The summed E-state index contributed by atoms with van der Waals surface area (Å²) in [5, 5.41) is 2.73. The third kappa shape index (κ3) is 5.02. The summed E-state index contributed by atoms with van der Waals surface area (Å²) < 4.78 is 26.9. The summed E-state index contributed by atoms with van der Waals surface area (Å²) in [6.45, 7) is 4.14. The van der Waals surface area contributed by atoms with Crippen molar-refractivity contribution in [3.63, 3.8) is 0 Å². The molecule has 0 aromatic heterocycles. The van der Waals surface area contributed by atoms with Crippen LogP contribution in [-0.2, 0) is 14.8 Å². The van der Waals surface area contributed by atoms with Crippen molar-refractivity contribution in [2.75, 3.05) is 11.9 Å². The largest absolute Gasteiger partial charge is 0.325 e. The zero-order valence-electron chi connectivity index (χ0n) is 13.6. The van der Waals surface area contributed by atoms with Gasteiger partial charge in [0.25, 0.3) is 0 Å². The fourth-order valence-corrected chi connectivity index (χ4v) is 3.37. The molecule has 0 bridgehead atoms. The van der Waals surface area contributed by atoms with E-state index >= 15 is 0 Å². The van der Waals surface area contributed by atoms with Gasteiger partial charge in [0.2, 0.25) is 15.9 Å². The van der Waals surface area contributed by atoms with Crippen molar-refractivity contribution >= 4 is 21.6 Å². The van der Waals surface area contributed by atoms with Gasteiger partial charge >= 0.3 is 0 Å². The van der Waals surface area contributed by atoms with Gasteiger partial charge < -0.3 is 11.1 Å². The maximum absolute atomic E-state index is 12.1. The maximum Gasteiger partial charge on any atom is 0.244 e. The molecule has 1 aliphatic rings. The van der Waals surface area contributed by atoms with E-state index in [4.69, 9.17) is 5.73 Å². The molecule has 1 unspecified atom stereocenters. The van der Waals surface area contributed by atoms with Crippen LogP contribution in [0.15, 0.2) is 29.2 Å². The number of rotatable bonds is 8.